The molecule has 2 rings (SSSR count). The van der Waals surface area contributed by atoms with Gasteiger partial charge in [-0.05, 0) is 30.7 Å². The molecule has 0 amide bonds. The molecular weight excluding hydrogens is 214 g/mol. The monoisotopic (exact) mass is 225 g/mol. The van der Waals surface area contributed by atoms with Crippen molar-refractivity contribution in [3.63, 3.8) is 0 Å². The Bertz CT molecular complexity index is 495. The van der Waals surface area contributed by atoms with Gasteiger partial charge in [0.1, 0.15) is 0 Å². The maximum absolute atomic E-state index is 9.04. The van der Waals surface area contributed by atoms with Gasteiger partial charge in [-0.15, -0.1) is 0 Å². The first-order valence-corrected chi connectivity index (χ1v) is 5.03. The minimum Gasteiger partial charge on any atom is -0.394 e. The molecule has 0 aromatic carbocycles. The van der Waals surface area contributed by atoms with Crippen molar-refractivity contribution in [1.29, 1.82) is 0 Å². The minimum absolute atomic E-state index is 0.118. The molecular formula is C10H12ClN3O. The lowest BCUT2D eigenvalue weighted by molar-refractivity contribution is 0.265. The van der Waals surface area contributed by atoms with Gasteiger partial charge in [-0.2, -0.15) is 0 Å². The summed E-state index contributed by atoms with van der Waals surface area (Å²) in [6.07, 6.45) is 0. The third kappa shape index (κ3) is 1.61. The maximum Gasteiger partial charge on any atom is 0.207 e. The Morgan fingerprint density at radius 1 is 1.60 bits per heavy atom. The number of imidazole rings is 1. The van der Waals surface area contributed by atoms with Gasteiger partial charge in [0.2, 0.25) is 5.28 Å². The molecule has 2 heterocycles. The number of aliphatic hydroxyl groups excluding tert-OH is 1. The molecule has 0 saturated carbocycles. The van der Waals surface area contributed by atoms with Crippen molar-refractivity contribution in [2.75, 3.05) is 6.61 Å². The summed E-state index contributed by atoms with van der Waals surface area (Å²) < 4.78 is 1.76. The summed E-state index contributed by atoms with van der Waals surface area (Å²) in [5.41, 5.74) is 8.32. The Kier molecular flexibility index (Phi) is 2.65. The van der Waals surface area contributed by atoms with Crippen LogP contribution in [0.3, 0.4) is 0 Å². The van der Waals surface area contributed by atoms with Crippen LogP contribution in [0.15, 0.2) is 18.2 Å². The molecule has 2 aromatic rings. The smallest absolute Gasteiger partial charge is 0.207 e. The first kappa shape index (κ1) is 10.4. The topological polar surface area (TPSA) is 63.5 Å². The van der Waals surface area contributed by atoms with E-state index in [0.29, 0.717) is 5.28 Å². The number of hydrogen-bond donors (Lipinski definition) is 2. The zero-order valence-electron chi connectivity index (χ0n) is 8.31. The molecule has 0 spiro atoms. The van der Waals surface area contributed by atoms with Crippen LogP contribution in [0.5, 0.6) is 0 Å². The fourth-order valence-electron chi connectivity index (χ4n) is 1.64. The lowest BCUT2D eigenvalue weighted by Gasteiger charge is -2.11. The van der Waals surface area contributed by atoms with E-state index in [1.54, 1.807) is 4.40 Å². The predicted octanol–water partition coefficient (Wildman–Crippen LogP) is 1.29. The van der Waals surface area contributed by atoms with Crippen LogP contribution in [0.4, 0.5) is 0 Å². The first-order valence-electron chi connectivity index (χ1n) is 4.65. The van der Waals surface area contributed by atoms with Crippen molar-refractivity contribution in [3.8, 4) is 0 Å². The number of aliphatic hydroxyl groups is 1. The van der Waals surface area contributed by atoms with Gasteiger partial charge in [0, 0.05) is 5.69 Å². The Labute approximate surface area is 92.3 Å². The average molecular weight is 226 g/mol. The van der Waals surface area contributed by atoms with Crippen molar-refractivity contribution in [2.45, 2.75) is 13.0 Å². The van der Waals surface area contributed by atoms with Crippen molar-refractivity contribution in [1.82, 2.24) is 9.38 Å². The zero-order valence-corrected chi connectivity index (χ0v) is 9.07. The third-order valence-corrected chi connectivity index (χ3v) is 2.67. The molecule has 5 heteroatoms. The Morgan fingerprint density at radius 2 is 2.33 bits per heavy atom. The van der Waals surface area contributed by atoms with E-state index >= 15 is 0 Å². The summed E-state index contributed by atoms with van der Waals surface area (Å²) >= 11 is 6.00. The van der Waals surface area contributed by atoms with E-state index in [4.69, 9.17) is 22.4 Å². The van der Waals surface area contributed by atoms with Gasteiger partial charge in [-0.25, -0.2) is 4.98 Å². The number of rotatable bonds is 2. The lowest BCUT2D eigenvalue weighted by Crippen LogP contribution is -2.17. The van der Waals surface area contributed by atoms with Crippen LogP contribution in [-0.4, -0.2) is 21.1 Å². The van der Waals surface area contributed by atoms with Gasteiger partial charge in [-0.3, -0.25) is 4.40 Å². The molecule has 0 radical (unpaired) electrons. The standard InChI is InChI=1S/C10H12ClN3O/c1-6-8-3-2-4-9(7(12)5-15)14(8)10(11)13-6/h2-4,7,15H,5,12H2,1H3. The quantitative estimate of drug-likeness (QED) is 0.810. The highest BCUT2D eigenvalue weighted by Gasteiger charge is 2.13. The van der Waals surface area contributed by atoms with Crippen LogP contribution in [0.25, 0.3) is 5.52 Å². The summed E-state index contributed by atoms with van der Waals surface area (Å²) in [7, 11) is 0. The molecule has 0 fully saturated rings. The van der Waals surface area contributed by atoms with E-state index in [1.807, 2.05) is 25.1 Å². The van der Waals surface area contributed by atoms with Crippen molar-refractivity contribution < 1.29 is 5.11 Å². The van der Waals surface area contributed by atoms with Crippen LogP contribution in [0, 0.1) is 6.92 Å². The number of pyridine rings is 1. The number of fused-ring (bicyclic) bond motifs is 1. The second kappa shape index (κ2) is 3.81. The fourth-order valence-corrected chi connectivity index (χ4v) is 1.96. The molecule has 0 aliphatic carbocycles. The number of aryl methyl sites for hydroxylation is 1. The molecule has 2 aromatic heterocycles. The van der Waals surface area contributed by atoms with E-state index in [1.165, 1.54) is 0 Å². The molecule has 1 atom stereocenters. The highest BCUT2D eigenvalue weighted by atomic mass is 35.5. The molecule has 0 bridgehead atoms. The maximum atomic E-state index is 9.04. The molecule has 80 valence electrons. The van der Waals surface area contributed by atoms with E-state index in [2.05, 4.69) is 4.98 Å². The number of aromatic nitrogens is 2. The predicted molar refractivity (Wildman–Crippen MR) is 59.0 cm³/mol. The summed E-state index contributed by atoms with van der Waals surface area (Å²) in [4.78, 5) is 4.16. The van der Waals surface area contributed by atoms with Crippen LogP contribution >= 0.6 is 11.6 Å². The molecule has 3 N–H and O–H groups in total. The second-order valence-electron chi connectivity index (χ2n) is 3.43. The molecule has 1 unspecified atom stereocenters. The first-order chi connectivity index (χ1) is 7.15. The Hall–Kier alpha value is -1.10. The highest BCUT2D eigenvalue weighted by molar-refractivity contribution is 6.28. The highest BCUT2D eigenvalue weighted by Crippen LogP contribution is 2.21. The van der Waals surface area contributed by atoms with Gasteiger partial charge < -0.3 is 10.8 Å². The number of halogens is 1. The minimum atomic E-state index is -0.445. The SMILES string of the molecule is Cc1nc(Cl)n2c(C(N)CO)cccc12. The van der Waals surface area contributed by atoms with Gasteiger partial charge in [0.15, 0.2) is 0 Å². The zero-order chi connectivity index (χ0) is 11.0. The van der Waals surface area contributed by atoms with Crippen molar-refractivity contribution in [3.05, 3.63) is 34.9 Å². The van der Waals surface area contributed by atoms with Gasteiger partial charge in [-0.1, -0.05) is 6.07 Å². The van der Waals surface area contributed by atoms with E-state index in [-0.39, 0.29) is 6.61 Å². The van der Waals surface area contributed by atoms with Gasteiger partial charge in [0.05, 0.1) is 23.9 Å². The fraction of sp³-hybridized carbons (Fsp3) is 0.300. The molecule has 4 nitrogen and oxygen atoms in total. The lowest BCUT2D eigenvalue weighted by atomic mass is 10.2. The Balaban J connectivity index is 2.75. The molecule has 15 heavy (non-hydrogen) atoms. The van der Waals surface area contributed by atoms with Crippen molar-refractivity contribution >= 4 is 17.1 Å². The summed E-state index contributed by atoms with van der Waals surface area (Å²) in [6.45, 7) is 1.77. The molecule has 0 saturated heterocycles. The number of nitrogens with two attached hydrogens (primary N) is 1. The second-order valence-corrected chi connectivity index (χ2v) is 3.76. The number of hydrogen-bond acceptors (Lipinski definition) is 3. The van der Waals surface area contributed by atoms with E-state index in [9.17, 15) is 0 Å². The largest absolute Gasteiger partial charge is 0.394 e. The third-order valence-electron chi connectivity index (χ3n) is 2.41. The van der Waals surface area contributed by atoms with Crippen LogP contribution in [0.1, 0.15) is 17.4 Å². The normalized spacial score (nSPS) is 13.3. The molecule has 0 aliphatic rings. The average Bonchev–Trinajstić information content (AvgIpc) is 2.54. The van der Waals surface area contributed by atoms with E-state index in [0.717, 1.165) is 16.9 Å². The summed E-state index contributed by atoms with van der Waals surface area (Å²) in [5, 5.41) is 9.42. The number of nitrogens with zero attached hydrogens (tertiary/aromatic N) is 2. The Morgan fingerprint density at radius 3 is 3.00 bits per heavy atom. The summed E-state index contributed by atoms with van der Waals surface area (Å²) in [6, 6.07) is 5.19. The van der Waals surface area contributed by atoms with Crippen molar-refractivity contribution in [2.24, 2.45) is 5.73 Å². The summed E-state index contributed by atoms with van der Waals surface area (Å²) in [5.74, 6) is 0. The van der Waals surface area contributed by atoms with Gasteiger partial charge in [0.25, 0.3) is 0 Å². The molecule has 0 aliphatic heterocycles. The van der Waals surface area contributed by atoms with E-state index < -0.39 is 6.04 Å². The van der Waals surface area contributed by atoms with Crippen LogP contribution in [0.2, 0.25) is 5.28 Å². The van der Waals surface area contributed by atoms with Crippen LogP contribution < -0.4 is 5.73 Å². The van der Waals surface area contributed by atoms with Crippen LogP contribution in [-0.2, 0) is 0 Å². The van der Waals surface area contributed by atoms with Gasteiger partial charge >= 0.3 is 0 Å².